The fraction of sp³-hybridized carbons (Fsp3) is 0.121. The molecule has 1 aromatic heterocycles. The molecule has 0 spiro atoms. The van der Waals surface area contributed by atoms with E-state index in [0.717, 1.165) is 24.3 Å². The molecule has 0 amide bonds. The van der Waals surface area contributed by atoms with Crippen LogP contribution in [0.1, 0.15) is 12.8 Å². The summed E-state index contributed by atoms with van der Waals surface area (Å²) in [6, 6.07) is 10.3. The van der Waals surface area contributed by atoms with Crippen molar-refractivity contribution in [2.45, 2.75) is 25.2 Å². The molecule has 0 atom stereocenters. The summed E-state index contributed by atoms with van der Waals surface area (Å²) in [7, 11) is 0. The molecule has 0 fully saturated rings. The fourth-order valence-electron chi connectivity index (χ4n) is 5.83. The normalized spacial score (nSPS) is 18.9. The van der Waals surface area contributed by atoms with E-state index in [1.165, 1.54) is 12.2 Å². The van der Waals surface area contributed by atoms with Crippen LogP contribution < -0.4 is 21.2 Å². The molecule has 0 radical (unpaired) electrons. The zero-order valence-corrected chi connectivity index (χ0v) is 22.4. The molecule has 11 heteroatoms. The van der Waals surface area contributed by atoms with Gasteiger partial charge in [0.25, 0.3) is 0 Å². The maximum atomic E-state index is 13.3. The minimum absolute atomic E-state index is 0.0880. The van der Waals surface area contributed by atoms with Crippen LogP contribution in [0.15, 0.2) is 89.0 Å². The standard InChI is InChI=1S/C33H17F6N5/c34-32(35,36)20-8-4-16(5-9-20)18-6-10-22-24(13-18)26(41)30-28(22)44-31-27(42-15-40)25-14-19(7-11-23(25)29(31)43-30)17-2-1-3-21(12-17)33(37,38)39/h1,3-4,6-14,41H,2,5H2. The second-order valence-corrected chi connectivity index (χ2v) is 10.5. The first kappa shape index (κ1) is 27.5. The number of hydrogen-bond donors (Lipinski definition) is 1. The topological polar surface area (TPSA) is 85.8 Å². The Balaban J connectivity index is 1.44. The Hall–Kier alpha value is -5.37. The molecule has 1 heterocycles. The predicted octanol–water partition coefficient (Wildman–Crippen LogP) is 6.02. The molecule has 4 aromatic carbocycles. The number of nitrogens with one attached hydrogen (secondary N) is 1. The van der Waals surface area contributed by atoms with E-state index in [9.17, 15) is 31.6 Å². The van der Waals surface area contributed by atoms with Crippen LogP contribution in [-0.2, 0) is 0 Å². The van der Waals surface area contributed by atoms with Gasteiger partial charge in [0.15, 0.2) is 0 Å². The molecular weight excluding hydrogens is 580 g/mol. The van der Waals surface area contributed by atoms with Crippen molar-refractivity contribution >= 4 is 54.8 Å². The van der Waals surface area contributed by atoms with Crippen LogP contribution in [0, 0.1) is 16.9 Å². The smallest absolute Gasteiger partial charge is 0.298 e. The molecule has 0 saturated carbocycles. The summed E-state index contributed by atoms with van der Waals surface area (Å²) in [5, 5.41) is 22.1. The second-order valence-electron chi connectivity index (χ2n) is 10.5. The van der Waals surface area contributed by atoms with Crippen LogP contribution >= 0.6 is 0 Å². The average molecular weight is 598 g/mol. The van der Waals surface area contributed by atoms with Crippen molar-refractivity contribution in [1.29, 1.82) is 10.7 Å². The molecule has 0 bridgehead atoms. The average Bonchev–Trinajstić information content (AvgIpc) is 3.45. The van der Waals surface area contributed by atoms with E-state index in [1.807, 2.05) is 0 Å². The SMILES string of the molecule is N#CN=c1c2cc(=C3C=C(C(F)(F)F)C=CC3)ccc2c2nc3c(=N)c4cc(=C5C=CC(C(F)(F)F)=CC5)ccc4c3nc12. The lowest BCUT2D eigenvalue weighted by Crippen LogP contribution is -2.14. The van der Waals surface area contributed by atoms with Gasteiger partial charge in [0.2, 0.25) is 6.19 Å². The van der Waals surface area contributed by atoms with Crippen molar-refractivity contribution in [3.05, 3.63) is 105 Å². The minimum Gasteiger partial charge on any atom is -0.298 e. The van der Waals surface area contributed by atoms with Gasteiger partial charge in [-0.05, 0) is 52.6 Å². The highest BCUT2D eigenvalue weighted by molar-refractivity contribution is 6.14. The lowest BCUT2D eigenvalue weighted by atomic mass is 9.98. The van der Waals surface area contributed by atoms with E-state index in [0.29, 0.717) is 71.6 Å². The van der Waals surface area contributed by atoms with E-state index in [4.69, 9.17) is 15.4 Å². The monoisotopic (exact) mass is 597 g/mol. The molecule has 44 heavy (non-hydrogen) atoms. The van der Waals surface area contributed by atoms with Gasteiger partial charge in [-0.3, -0.25) is 5.41 Å². The highest BCUT2D eigenvalue weighted by Crippen LogP contribution is 2.33. The number of hydrogen-bond acceptors (Lipinski definition) is 5. The van der Waals surface area contributed by atoms with Gasteiger partial charge >= 0.3 is 12.4 Å². The highest BCUT2D eigenvalue weighted by atomic mass is 19.4. The Morgan fingerprint density at radius 2 is 1.34 bits per heavy atom. The Labute approximate surface area is 243 Å². The summed E-state index contributed by atoms with van der Waals surface area (Å²) in [5.74, 6) is 0. The first-order chi connectivity index (χ1) is 20.9. The second kappa shape index (κ2) is 9.57. The van der Waals surface area contributed by atoms with Crippen molar-refractivity contribution in [1.82, 2.24) is 9.97 Å². The molecule has 0 saturated heterocycles. The minimum atomic E-state index is -4.49. The van der Waals surface area contributed by atoms with E-state index in [2.05, 4.69) is 4.99 Å². The number of halogens is 6. The summed E-state index contributed by atoms with van der Waals surface area (Å²) in [6.45, 7) is 0. The lowest BCUT2D eigenvalue weighted by Gasteiger charge is -2.12. The number of allylic oxidation sites excluding steroid dienone is 8. The van der Waals surface area contributed by atoms with Crippen LogP contribution in [0.3, 0.4) is 0 Å². The van der Waals surface area contributed by atoms with Gasteiger partial charge in [-0.15, -0.1) is 0 Å². The molecule has 7 rings (SSSR count). The Bertz CT molecular complexity index is 2490. The molecule has 2 aliphatic carbocycles. The zero-order chi connectivity index (χ0) is 31.0. The van der Waals surface area contributed by atoms with Crippen molar-refractivity contribution in [3.8, 4) is 6.19 Å². The molecule has 5 nitrogen and oxygen atoms in total. The Morgan fingerprint density at radius 1 is 0.705 bits per heavy atom. The number of benzene rings is 2. The number of fused-ring (bicyclic) bond motifs is 6. The van der Waals surface area contributed by atoms with Gasteiger partial charge < -0.3 is 0 Å². The van der Waals surface area contributed by atoms with E-state index in [1.54, 1.807) is 42.6 Å². The number of alkyl halides is 6. The zero-order valence-electron chi connectivity index (χ0n) is 22.4. The van der Waals surface area contributed by atoms with Gasteiger partial charge in [-0.1, -0.05) is 54.6 Å². The lowest BCUT2D eigenvalue weighted by molar-refractivity contribution is -0.0892. The number of aromatic nitrogens is 2. The summed E-state index contributed by atoms with van der Waals surface area (Å²) < 4.78 is 79.2. The van der Waals surface area contributed by atoms with Gasteiger partial charge in [0.1, 0.15) is 16.4 Å². The molecule has 0 aliphatic heterocycles. The summed E-state index contributed by atoms with van der Waals surface area (Å²) in [5.41, 5.74) is 1.09. The van der Waals surface area contributed by atoms with Crippen LogP contribution in [-0.4, -0.2) is 22.3 Å². The molecule has 2 aliphatic rings. The molecule has 1 N–H and O–H groups in total. The van der Waals surface area contributed by atoms with Crippen LogP contribution in [0.4, 0.5) is 26.3 Å². The maximum absolute atomic E-state index is 13.3. The van der Waals surface area contributed by atoms with Crippen LogP contribution in [0.2, 0.25) is 0 Å². The number of nitrogens with zero attached hydrogens (tertiary/aromatic N) is 4. The van der Waals surface area contributed by atoms with Crippen molar-refractivity contribution in [2.75, 3.05) is 0 Å². The molecule has 0 unspecified atom stereocenters. The van der Waals surface area contributed by atoms with Crippen molar-refractivity contribution in [2.24, 2.45) is 4.99 Å². The Kier molecular flexibility index (Phi) is 5.97. The Morgan fingerprint density at radius 3 is 2.00 bits per heavy atom. The first-order valence-electron chi connectivity index (χ1n) is 13.3. The summed E-state index contributed by atoms with van der Waals surface area (Å²) in [6.07, 6.45) is 0.458. The largest absolute Gasteiger partial charge is 0.416 e. The maximum Gasteiger partial charge on any atom is 0.416 e. The molecular formula is C33H17F6N5. The molecule has 5 aromatic rings. The van der Waals surface area contributed by atoms with Gasteiger partial charge in [0.05, 0.1) is 27.5 Å². The third-order valence-corrected chi connectivity index (χ3v) is 7.96. The number of rotatable bonds is 0. The van der Waals surface area contributed by atoms with Crippen LogP contribution in [0.25, 0.3) is 54.8 Å². The third kappa shape index (κ3) is 4.33. The van der Waals surface area contributed by atoms with Crippen LogP contribution in [0.5, 0.6) is 0 Å². The highest BCUT2D eigenvalue weighted by Gasteiger charge is 2.33. The first-order valence-corrected chi connectivity index (χ1v) is 13.3. The quantitative estimate of drug-likeness (QED) is 0.175. The third-order valence-electron chi connectivity index (χ3n) is 7.96. The van der Waals surface area contributed by atoms with E-state index >= 15 is 0 Å². The predicted molar refractivity (Wildman–Crippen MR) is 153 cm³/mol. The number of nitriles is 1. The van der Waals surface area contributed by atoms with Gasteiger partial charge in [-0.2, -0.15) is 36.6 Å². The van der Waals surface area contributed by atoms with Crippen molar-refractivity contribution in [3.63, 3.8) is 0 Å². The van der Waals surface area contributed by atoms with Gasteiger partial charge in [0, 0.05) is 21.5 Å². The van der Waals surface area contributed by atoms with Crippen molar-refractivity contribution < 1.29 is 26.3 Å². The summed E-state index contributed by atoms with van der Waals surface area (Å²) in [4.78, 5) is 13.5. The summed E-state index contributed by atoms with van der Waals surface area (Å²) >= 11 is 0. The fourth-order valence-corrected chi connectivity index (χ4v) is 5.83. The van der Waals surface area contributed by atoms with Gasteiger partial charge in [-0.25, -0.2) is 9.97 Å². The van der Waals surface area contributed by atoms with E-state index < -0.39 is 23.5 Å². The molecule has 216 valence electrons. The van der Waals surface area contributed by atoms with E-state index in [-0.39, 0.29) is 17.1 Å².